The standard InChI is InChI=1S/C16H26N2O2S/c1-5-17-11-14-10-16(13(3)9-12(14)2)21(19,20)18(4)15-7-6-8-15/h9-10,15,17H,5-8,11H2,1-4H3. The smallest absolute Gasteiger partial charge is 0.243 e. The summed E-state index contributed by atoms with van der Waals surface area (Å²) >= 11 is 0. The minimum Gasteiger partial charge on any atom is -0.313 e. The van der Waals surface area contributed by atoms with E-state index in [1.165, 1.54) is 0 Å². The van der Waals surface area contributed by atoms with Crippen molar-refractivity contribution in [1.29, 1.82) is 0 Å². The molecule has 0 heterocycles. The fourth-order valence-corrected chi connectivity index (χ4v) is 4.37. The van der Waals surface area contributed by atoms with E-state index in [2.05, 4.69) is 5.32 Å². The molecule has 1 aliphatic rings. The van der Waals surface area contributed by atoms with Gasteiger partial charge in [-0.05, 0) is 56.0 Å². The molecule has 118 valence electrons. The van der Waals surface area contributed by atoms with Gasteiger partial charge in [-0.1, -0.05) is 19.4 Å². The molecule has 1 N–H and O–H groups in total. The molecule has 5 heteroatoms. The normalized spacial score (nSPS) is 16.2. The van der Waals surface area contributed by atoms with E-state index in [0.29, 0.717) is 11.4 Å². The Morgan fingerprint density at radius 1 is 1.24 bits per heavy atom. The lowest BCUT2D eigenvalue weighted by molar-refractivity contribution is 0.249. The second kappa shape index (κ2) is 6.46. The highest BCUT2D eigenvalue weighted by atomic mass is 32.2. The van der Waals surface area contributed by atoms with Gasteiger partial charge in [0, 0.05) is 19.6 Å². The Bertz CT molecular complexity index is 607. The topological polar surface area (TPSA) is 49.4 Å². The first-order valence-corrected chi connectivity index (χ1v) is 9.10. The molecule has 0 amide bonds. The van der Waals surface area contributed by atoms with E-state index in [1.54, 1.807) is 11.4 Å². The van der Waals surface area contributed by atoms with Crippen LogP contribution in [0.3, 0.4) is 0 Å². The van der Waals surface area contributed by atoms with E-state index < -0.39 is 10.0 Å². The van der Waals surface area contributed by atoms with E-state index in [9.17, 15) is 8.42 Å². The van der Waals surface area contributed by atoms with Gasteiger partial charge in [0.15, 0.2) is 0 Å². The minimum absolute atomic E-state index is 0.174. The Kier molecular flexibility index (Phi) is 5.07. The second-order valence-electron chi connectivity index (χ2n) is 5.93. The van der Waals surface area contributed by atoms with Crippen molar-refractivity contribution in [3.63, 3.8) is 0 Å². The molecule has 0 radical (unpaired) electrons. The van der Waals surface area contributed by atoms with Crippen molar-refractivity contribution < 1.29 is 8.42 Å². The number of hydrogen-bond donors (Lipinski definition) is 1. The molecule has 1 aromatic carbocycles. The SMILES string of the molecule is CCNCc1cc(S(=O)(=O)N(C)C2CCC2)c(C)cc1C. The third-order valence-corrected chi connectivity index (χ3v) is 6.50. The van der Waals surface area contributed by atoms with Gasteiger partial charge in [-0.25, -0.2) is 8.42 Å². The summed E-state index contributed by atoms with van der Waals surface area (Å²) in [6, 6.07) is 4.00. The average Bonchev–Trinajstić information content (AvgIpc) is 2.35. The van der Waals surface area contributed by atoms with Gasteiger partial charge in [-0.15, -0.1) is 0 Å². The quantitative estimate of drug-likeness (QED) is 0.878. The monoisotopic (exact) mass is 310 g/mol. The molecule has 0 saturated heterocycles. The second-order valence-corrected chi connectivity index (χ2v) is 7.90. The molecule has 2 rings (SSSR count). The third kappa shape index (κ3) is 3.30. The van der Waals surface area contributed by atoms with Crippen molar-refractivity contribution in [2.24, 2.45) is 0 Å². The maximum absolute atomic E-state index is 12.8. The summed E-state index contributed by atoms with van der Waals surface area (Å²) < 4.78 is 27.2. The van der Waals surface area contributed by atoms with E-state index in [-0.39, 0.29) is 6.04 Å². The molecular formula is C16H26N2O2S. The van der Waals surface area contributed by atoms with Gasteiger partial charge in [-0.3, -0.25) is 0 Å². The number of nitrogens with zero attached hydrogens (tertiary/aromatic N) is 1. The van der Waals surface area contributed by atoms with E-state index in [4.69, 9.17) is 0 Å². The molecular weight excluding hydrogens is 284 g/mol. The van der Waals surface area contributed by atoms with Crippen LogP contribution < -0.4 is 5.32 Å². The largest absolute Gasteiger partial charge is 0.313 e. The van der Waals surface area contributed by atoms with Crippen LogP contribution in [-0.4, -0.2) is 32.4 Å². The van der Waals surface area contributed by atoms with Crippen molar-refractivity contribution in [3.8, 4) is 0 Å². The van der Waals surface area contributed by atoms with Crippen LogP contribution in [0.2, 0.25) is 0 Å². The Labute approximate surface area is 128 Å². The van der Waals surface area contributed by atoms with Gasteiger partial charge >= 0.3 is 0 Å². The highest BCUT2D eigenvalue weighted by Crippen LogP contribution is 2.30. The first-order chi connectivity index (χ1) is 9.87. The Morgan fingerprint density at radius 3 is 2.43 bits per heavy atom. The van der Waals surface area contributed by atoms with E-state index in [0.717, 1.165) is 42.5 Å². The molecule has 0 spiro atoms. The number of aryl methyl sites for hydroxylation is 2. The molecule has 0 unspecified atom stereocenters. The number of rotatable bonds is 6. The maximum Gasteiger partial charge on any atom is 0.243 e. The molecule has 0 bridgehead atoms. The maximum atomic E-state index is 12.8. The molecule has 21 heavy (non-hydrogen) atoms. The lowest BCUT2D eigenvalue weighted by Crippen LogP contribution is -2.41. The zero-order valence-corrected chi connectivity index (χ0v) is 14.3. The van der Waals surface area contributed by atoms with Crippen molar-refractivity contribution >= 4 is 10.0 Å². The molecule has 0 atom stereocenters. The first kappa shape index (κ1) is 16.5. The molecule has 1 fully saturated rings. The van der Waals surface area contributed by atoms with Crippen LogP contribution in [0.5, 0.6) is 0 Å². The van der Waals surface area contributed by atoms with Crippen LogP contribution in [0, 0.1) is 13.8 Å². The lowest BCUT2D eigenvalue weighted by atomic mass is 9.94. The zero-order chi connectivity index (χ0) is 15.6. The Morgan fingerprint density at radius 2 is 1.90 bits per heavy atom. The summed E-state index contributed by atoms with van der Waals surface area (Å²) in [5, 5.41) is 3.27. The molecule has 0 aliphatic heterocycles. The zero-order valence-electron chi connectivity index (χ0n) is 13.4. The number of benzene rings is 1. The van der Waals surface area contributed by atoms with Crippen molar-refractivity contribution in [2.45, 2.75) is 57.5 Å². The van der Waals surface area contributed by atoms with Crippen LogP contribution >= 0.6 is 0 Å². The van der Waals surface area contributed by atoms with Crippen LogP contribution in [0.15, 0.2) is 17.0 Å². The Hall–Kier alpha value is -0.910. The first-order valence-electron chi connectivity index (χ1n) is 7.66. The van der Waals surface area contributed by atoms with Gasteiger partial charge in [-0.2, -0.15) is 4.31 Å². The van der Waals surface area contributed by atoms with E-state index in [1.807, 2.05) is 32.9 Å². The summed E-state index contributed by atoms with van der Waals surface area (Å²) in [6.45, 7) is 7.54. The number of hydrogen-bond acceptors (Lipinski definition) is 3. The van der Waals surface area contributed by atoms with Crippen LogP contribution in [0.1, 0.15) is 42.9 Å². The molecule has 1 aliphatic carbocycles. The molecule has 0 aromatic heterocycles. The van der Waals surface area contributed by atoms with Gasteiger partial charge < -0.3 is 5.32 Å². The van der Waals surface area contributed by atoms with Crippen molar-refractivity contribution in [1.82, 2.24) is 9.62 Å². The number of sulfonamides is 1. The number of nitrogens with one attached hydrogen (secondary N) is 1. The van der Waals surface area contributed by atoms with Gasteiger partial charge in [0.2, 0.25) is 10.0 Å². The average molecular weight is 310 g/mol. The third-order valence-electron chi connectivity index (χ3n) is 4.44. The fourth-order valence-electron chi connectivity index (χ4n) is 2.70. The summed E-state index contributed by atoms with van der Waals surface area (Å²) in [6.07, 6.45) is 3.08. The lowest BCUT2D eigenvalue weighted by Gasteiger charge is -2.34. The van der Waals surface area contributed by atoms with Crippen LogP contribution in [0.25, 0.3) is 0 Å². The van der Waals surface area contributed by atoms with E-state index >= 15 is 0 Å². The van der Waals surface area contributed by atoms with Crippen LogP contribution in [0.4, 0.5) is 0 Å². The fraction of sp³-hybridized carbons (Fsp3) is 0.625. The van der Waals surface area contributed by atoms with Crippen molar-refractivity contribution in [2.75, 3.05) is 13.6 Å². The van der Waals surface area contributed by atoms with Gasteiger partial charge in [0.25, 0.3) is 0 Å². The minimum atomic E-state index is -3.39. The summed E-state index contributed by atoms with van der Waals surface area (Å²) in [5.41, 5.74) is 3.03. The summed E-state index contributed by atoms with van der Waals surface area (Å²) in [4.78, 5) is 0.454. The van der Waals surface area contributed by atoms with Crippen LogP contribution in [-0.2, 0) is 16.6 Å². The molecule has 1 aromatic rings. The highest BCUT2D eigenvalue weighted by Gasteiger charge is 2.32. The molecule has 4 nitrogen and oxygen atoms in total. The Balaban J connectivity index is 2.37. The highest BCUT2D eigenvalue weighted by molar-refractivity contribution is 7.89. The van der Waals surface area contributed by atoms with Gasteiger partial charge in [0.05, 0.1) is 4.90 Å². The summed E-state index contributed by atoms with van der Waals surface area (Å²) in [7, 11) is -1.68. The predicted molar refractivity (Wildman–Crippen MR) is 85.9 cm³/mol. The molecule has 1 saturated carbocycles. The van der Waals surface area contributed by atoms with Crippen molar-refractivity contribution in [3.05, 3.63) is 28.8 Å². The summed E-state index contributed by atoms with van der Waals surface area (Å²) in [5.74, 6) is 0. The predicted octanol–water partition coefficient (Wildman–Crippen LogP) is 2.59. The van der Waals surface area contributed by atoms with Gasteiger partial charge in [0.1, 0.15) is 0 Å².